The van der Waals surface area contributed by atoms with Crippen molar-refractivity contribution in [2.75, 3.05) is 26.1 Å². The average molecular weight is 492 g/mol. The predicted octanol–water partition coefficient (Wildman–Crippen LogP) is 4.04. The van der Waals surface area contributed by atoms with E-state index in [4.69, 9.17) is 26.2 Å². The number of anilines is 1. The number of hydrogen-bond acceptors (Lipinski definition) is 7. The Hall–Kier alpha value is -3.24. The smallest absolute Gasteiger partial charge is 0.335 e. The second-order valence-electron chi connectivity index (χ2n) is 6.88. The Kier molecular flexibility index (Phi) is 7.83. The van der Waals surface area contributed by atoms with Gasteiger partial charge in [-0.05, 0) is 31.2 Å². The van der Waals surface area contributed by atoms with Crippen LogP contribution >= 0.6 is 23.4 Å². The molecule has 0 bridgehead atoms. The molecule has 0 aliphatic carbocycles. The lowest BCUT2D eigenvalue weighted by Gasteiger charge is -2.14. The molecule has 0 aromatic heterocycles. The minimum absolute atomic E-state index is 0.0687. The van der Waals surface area contributed by atoms with E-state index < -0.39 is 11.2 Å². The van der Waals surface area contributed by atoms with Crippen LogP contribution in [0.25, 0.3) is 0 Å². The van der Waals surface area contributed by atoms with Crippen LogP contribution in [0, 0.1) is 0 Å². The Morgan fingerprint density at radius 3 is 2.42 bits per heavy atom. The van der Waals surface area contributed by atoms with Gasteiger partial charge in [0, 0.05) is 30.8 Å². The van der Waals surface area contributed by atoms with Crippen LogP contribution in [0.3, 0.4) is 0 Å². The molecule has 2 amide bonds. The van der Waals surface area contributed by atoms with Crippen LogP contribution in [-0.4, -0.2) is 59.0 Å². The topological polar surface area (TPSA) is 118 Å². The fraction of sp³-hybridized carbons (Fsp3) is 0.273. The Labute approximate surface area is 199 Å². The maximum Gasteiger partial charge on any atom is 0.335 e. The zero-order valence-corrected chi connectivity index (χ0v) is 19.7. The van der Waals surface area contributed by atoms with Crippen molar-refractivity contribution in [3.05, 3.63) is 47.0 Å². The first kappa shape index (κ1) is 24.4. The van der Waals surface area contributed by atoms with Crippen LogP contribution in [0.5, 0.6) is 11.5 Å². The first-order chi connectivity index (χ1) is 15.8. The molecule has 174 valence electrons. The lowest BCUT2D eigenvalue weighted by molar-refractivity contribution is -0.128. The number of aliphatic imine (C=N–C) groups is 1. The molecule has 11 heteroatoms. The van der Waals surface area contributed by atoms with Gasteiger partial charge in [0.15, 0.2) is 5.17 Å². The SMILES string of the molecule is CCN1C(=O)[C@H](CC(=O)Nc2ccc(C(=O)O)cc2)SC1=Nc1cc(OC)c(Cl)cc1OC. The standard InChI is InChI=1S/C22H22ClN3O6S/c1-4-26-20(28)18(11-19(27)24-13-7-5-12(6-8-13)21(29)30)33-22(26)25-15-10-16(31-2)14(23)9-17(15)32-3/h5-10,18H,4,11H2,1-3H3,(H,24,27)(H,29,30)/t18-/m0/s1. The average Bonchev–Trinajstić information content (AvgIpc) is 3.08. The van der Waals surface area contributed by atoms with Gasteiger partial charge in [-0.1, -0.05) is 23.4 Å². The molecule has 1 heterocycles. The van der Waals surface area contributed by atoms with E-state index in [0.717, 1.165) is 0 Å². The molecular formula is C22H22ClN3O6S. The minimum atomic E-state index is -1.05. The molecule has 2 N–H and O–H groups in total. The molecule has 1 atom stereocenters. The summed E-state index contributed by atoms with van der Waals surface area (Å²) in [5.74, 6) is -0.811. The molecule has 1 aliphatic rings. The van der Waals surface area contributed by atoms with E-state index in [9.17, 15) is 14.4 Å². The van der Waals surface area contributed by atoms with Crippen molar-refractivity contribution in [3.63, 3.8) is 0 Å². The van der Waals surface area contributed by atoms with E-state index in [-0.39, 0.29) is 23.8 Å². The molecule has 0 unspecified atom stereocenters. The molecule has 0 saturated carbocycles. The number of thioether (sulfide) groups is 1. The number of carbonyl (C=O) groups excluding carboxylic acids is 2. The maximum atomic E-state index is 12.9. The number of nitrogens with one attached hydrogen (secondary N) is 1. The number of carbonyl (C=O) groups is 3. The third-order valence-corrected chi connectivity index (χ3v) is 6.26. The van der Waals surface area contributed by atoms with Crippen LogP contribution in [0.2, 0.25) is 5.02 Å². The van der Waals surface area contributed by atoms with Crippen molar-refractivity contribution in [2.45, 2.75) is 18.6 Å². The molecule has 9 nitrogen and oxygen atoms in total. The summed E-state index contributed by atoms with van der Waals surface area (Å²) < 4.78 is 10.6. The van der Waals surface area contributed by atoms with Crippen molar-refractivity contribution in [3.8, 4) is 11.5 Å². The first-order valence-corrected chi connectivity index (χ1v) is 11.1. The fourth-order valence-electron chi connectivity index (χ4n) is 3.13. The highest BCUT2D eigenvalue weighted by Crippen LogP contribution is 2.40. The zero-order valence-electron chi connectivity index (χ0n) is 18.1. The lowest BCUT2D eigenvalue weighted by atomic mass is 10.2. The summed E-state index contributed by atoms with van der Waals surface area (Å²) in [6.45, 7) is 2.20. The van der Waals surface area contributed by atoms with Gasteiger partial charge in [-0.3, -0.25) is 14.5 Å². The number of nitrogens with zero attached hydrogens (tertiary/aromatic N) is 2. The highest BCUT2D eigenvalue weighted by Gasteiger charge is 2.38. The molecule has 3 rings (SSSR count). The second-order valence-corrected chi connectivity index (χ2v) is 8.45. The monoisotopic (exact) mass is 491 g/mol. The summed E-state index contributed by atoms with van der Waals surface area (Å²) in [4.78, 5) is 42.4. The van der Waals surface area contributed by atoms with Gasteiger partial charge >= 0.3 is 5.97 Å². The van der Waals surface area contributed by atoms with E-state index in [1.165, 1.54) is 55.1 Å². The van der Waals surface area contributed by atoms with E-state index in [0.29, 0.717) is 39.6 Å². The van der Waals surface area contributed by atoms with Crippen molar-refractivity contribution in [1.82, 2.24) is 4.90 Å². The van der Waals surface area contributed by atoms with Crippen LogP contribution in [0.4, 0.5) is 11.4 Å². The molecular weight excluding hydrogens is 470 g/mol. The Bertz CT molecular complexity index is 1110. The number of amides is 2. The highest BCUT2D eigenvalue weighted by molar-refractivity contribution is 8.15. The van der Waals surface area contributed by atoms with Crippen molar-refractivity contribution in [1.29, 1.82) is 0 Å². The fourth-order valence-corrected chi connectivity index (χ4v) is 4.57. The van der Waals surface area contributed by atoms with E-state index >= 15 is 0 Å². The van der Waals surface area contributed by atoms with E-state index in [2.05, 4.69) is 10.3 Å². The third-order valence-electron chi connectivity index (χ3n) is 4.79. The maximum absolute atomic E-state index is 12.9. The van der Waals surface area contributed by atoms with Gasteiger partial charge in [0.25, 0.3) is 0 Å². The number of aromatic carboxylic acids is 1. The Balaban J connectivity index is 1.77. The summed E-state index contributed by atoms with van der Waals surface area (Å²) in [5.41, 5.74) is 0.999. The number of rotatable bonds is 8. The lowest BCUT2D eigenvalue weighted by Crippen LogP contribution is -2.33. The summed E-state index contributed by atoms with van der Waals surface area (Å²) in [7, 11) is 2.98. The van der Waals surface area contributed by atoms with Crippen LogP contribution < -0.4 is 14.8 Å². The molecule has 1 aliphatic heterocycles. The molecule has 0 spiro atoms. The van der Waals surface area contributed by atoms with Crippen LogP contribution in [-0.2, 0) is 9.59 Å². The molecule has 1 fully saturated rings. The predicted molar refractivity (Wildman–Crippen MR) is 127 cm³/mol. The van der Waals surface area contributed by atoms with Gasteiger partial charge < -0.3 is 19.9 Å². The largest absolute Gasteiger partial charge is 0.495 e. The van der Waals surface area contributed by atoms with Gasteiger partial charge in [0.1, 0.15) is 22.4 Å². The molecule has 1 saturated heterocycles. The normalized spacial score (nSPS) is 16.7. The number of halogens is 1. The minimum Gasteiger partial charge on any atom is -0.495 e. The van der Waals surface area contributed by atoms with Gasteiger partial charge in [-0.2, -0.15) is 0 Å². The van der Waals surface area contributed by atoms with Gasteiger partial charge in [-0.15, -0.1) is 0 Å². The van der Waals surface area contributed by atoms with E-state index in [1.54, 1.807) is 12.1 Å². The number of ether oxygens (including phenoxy) is 2. The van der Waals surface area contributed by atoms with Crippen LogP contribution in [0.1, 0.15) is 23.7 Å². The summed E-state index contributed by atoms with van der Waals surface area (Å²) in [6.07, 6.45) is -0.0687. The quantitative estimate of drug-likeness (QED) is 0.572. The van der Waals surface area contributed by atoms with E-state index in [1.807, 2.05) is 6.92 Å². The molecule has 0 radical (unpaired) electrons. The van der Waals surface area contributed by atoms with Crippen LogP contribution in [0.15, 0.2) is 41.4 Å². The van der Waals surface area contributed by atoms with Gasteiger partial charge in [-0.25, -0.2) is 9.79 Å². The van der Waals surface area contributed by atoms with Gasteiger partial charge in [0.2, 0.25) is 11.8 Å². The second kappa shape index (κ2) is 10.6. The van der Waals surface area contributed by atoms with Crippen molar-refractivity contribution >= 4 is 57.7 Å². The van der Waals surface area contributed by atoms with Crippen molar-refractivity contribution in [2.24, 2.45) is 4.99 Å². The van der Waals surface area contributed by atoms with Crippen molar-refractivity contribution < 1.29 is 29.0 Å². The van der Waals surface area contributed by atoms with Gasteiger partial charge in [0.05, 0.1) is 24.8 Å². The number of carboxylic acids is 1. The summed E-state index contributed by atoms with van der Waals surface area (Å²) in [5, 5.41) is 11.8. The first-order valence-electron chi connectivity index (χ1n) is 9.88. The summed E-state index contributed by atoms with van der Waals surface area (Å²) in [6, 6.07) is 8.98. The molecule has 2 aromatic rings. The third kappa shape index (κ3) is 5.58. The number of amidine groups is 1. The Morgan fingerprint density at radius 1 is 1.18 bits per heavy atom. The Morgan fingerprint density at radius 2 is 1.85 bits per heavy atom. The number of hydrogen-bond donors (Lipinski definition) is 2. The molecule has 2 aromatic carbocycles. The number of carboxylic acid groups (broad SMARTS) is 1. The highest BCUT2D eigenvalue weighted by atomic mass is 35.5. The zero-order chi connectivity index (χ0) is 24.1. The summed E-state index contributed by atoms with van der Waals surface area (Å²) >= 11 is 7.34. The number of methoxy groups -OCH3 is 2. The number of benzene rings is 2. The molecule has 33 heavy (non-hydrogen) atoms.